The summed E-state index contributed by atoms with van der Waals surface area (Å²) in [5, 5.41) is 0. The minimum absolute atomic E-state index is 0.675. The Balaban J connectivity index is 1.01. The van der Waals surface area contributed by atoms with Crippen LogP contribution in [0.25, 0.3) is 0 Å². The molecule has 17 heteroatoms. The second-order valence-corrected chi connectivity index (χ2v) is 18.0. The zero-order valence-electron chi connectivity index (χ0n) is 40.0. The second kappa shape index (κ2) is 25.0. The summed E-state index contributed by atoms with van der Waals surface area (Å²) in [6.45, 7) is 13.6. The number of aliphatic imine (C=N–C) groups is 6. The minimum atomic E-state index is 0.675. The standard InChI is InChI=1S/C51H69N17/c1-64-34-46-10-4-40(58-46)28-52-16-22-67-24-18-54-30-42-6-12-48(60-42)36-65(2)37-49-13-7-43(61-49)31-55-19-25-68(23-17-53-29-41-5-11-47(35-64)59-41)27-21-57-33-45-9-15-51(63-45)39-66(3)38-50-14-8-44(62-50)32-56-20-26-67/h4-15,28-33,58-63H,16-27,34-39H2,1-3H3. The highest BCUT2D eigenvalue weighted by Gasteiger charge is 2.11. The first-order valence-corrected chi connectivity index (χ1v) is 23.9. The zero-order chi connectivity index (χ0) is 46.8. The average Bonchev–Trinajstić information content (AvgIpc) is 4.19. The first-order chi connectivity index (χ1) is 33.3. The maximum Gasteiger partial charge on any atom is 0.0564 e. The molecule has 3 aliphatic heterocycles. The Kier molecular flexibility index (Phi) is 17.7. The third-order valence-electron chi connectivity index (χ3n) is 11.9. The van der Waals surface area contributed by atoms with Gasteiger partial charge in [-0.05, 0) is 93.9 Å². The highest BCUT2D eigenvalue weighted by atomic mass is 15.2. The van der Waals surface area contributed by atoms with Crippen LogP contribution < -0.4 is 0 Å². The van der Waals surface area contributed by atoms with Crippen LogP contribution in [0.1, 0.15) is 68.3 Å². The van der Waals surface area contributed by atoms with E-state index in [9.17, 15) is 0 Å². The summed E-state index contributed by atoms with van der Waals surface area (Å²) in [4.78, 5) is 61.9. The van der Waals surface area contributed by atoms with Crippen LogP contribution >= 0.6 is 0 Å². The van der Waals surface area contributed by atoms with Crippen LogP contribution in [0.2, 0.25) is 0 Å². The molecule has 3 aliphatic rings. The summed E-state index contributed by atoms with van der Waals surface area (Å²) in [7, 11) is 6.41. The summed E-state index contributed by atoms with van der Waals surface area (Å²) in [6.07, 6.45) is 11.7. The molecule has 6 N–H and O–H groups in total. The Morgan fingerprint density at radius 2 is 0.456 bits per heavy atom. The lowest BCUT2D eigenvalue weighted by Gasteiger charge is -2.19. The zero-order valence-corrected chi connectivity index (χ0v) is 40.0. The van der Waals surface area contributed by atoms with E-state index < -0.39 is 0 Å². The quantitative estimate of drug-likeness (QED) is 0.124. The molecule has 9 rings (SSSR count). The highest BCUT2D eigenvalue weighted by molar-refractivity contribution is 5.79. The Morgan fingerprint density at radius 3 is 0.632 bits per heavy atom. The molecule has 0 unspecified atom stereocenters. The van der Waals surface area contributed by atoms with Gasteiger partial charge >= 0.3 is 0 Å². The lowest BCUT2D eigenvalue weighted by atomic mass is 10.3. The van der Waals surface area contributed by atoms with Gasteiger partial charge in [-0.3, -0.25) is 54.5 Å². The molecule has 0 saturated heterocycles. The van der Waals surface area contributed by atoms with Crippen molar-refractivity contribution < 1.29 is 0 Å². The molecule has 0 aromatic carbocycles. The van der Waals surface area contributed by atoms with Crippen LogP contribution in [-0.2, 0) is 39.3 Å². The molecule has 0 fully saturated rings. The molecule has 0 radical (unpaired) electrons. The number of aromatic nitrogens is 6. The lowest BCUT2D eigenvalue weighted by Crippen LogP contribution is -2.31. The van der Waals surface area contributed by atoms with Crippen LogP contribution in [0, 0.1) is 0 Å². The molecule has 358 valence electrons. The van der Waals surface area contributed by atoms with Gasteiger partial charge in [-0.25, -0.2) is 0 Å². The Bertz CT molecular complexity index is 2150. The number of nitrogens with one attached hydrogen (secondary N) is 6. The SMILES string of the molecule is CN1Cc2ccc([nH]2)C=NCCN2CCN=Cc3ccc([nH]3)CN(C)Cc3ccc([nH]3)C=NCCN(CCN=Cc3ccc([nH]3)C1)CCN=Cc1ccc([nH]1)CN(C)Cc1ccc([nH]1)C=NCC2. The van der Waals surface area contributed by atoms with E-state index in [2.05, 4.69) is 148 Å². The lowest BCUT2D eigenvalue weighted by molar-refractivity contribution is 0.298. The number of H-pyrrole nitrogens is 6. The number of rotatable bonds is 0. The van der Waals surface area contributed by atoms with Gasteiger partial charge in [0.15, 0.2) is 0 Å². The van der Waals surface area contributed by atoms with Gasteiger partial charge in [-0.2, -0.15) is 0 Å². The van der Waals surface area contributed by atoms with Crippen LogP contribution in [0.15, 0.2) is 103 Å². The van der Waals surface area contributed by atoms with Crippen molar-refractivity contribution in [3.05, 3.63) is 141 Å². The van der Waals surface area contributed by atoms with E-state index >= 15 is 0 Å². The summed E-state index contributed by atoms with van der Waals surface area (Å²) in [5.41, 5.74) is 12.9. The van der Waals surface area contributed by atoms with Gasteiger partial charge in [0, 0.05) is 150 Å². The third kappa shape index (κ3) is 15.8. The first kappa shape index (κ1) is 48.0. The van der Waals surface area contributed by atoms with E-state index in [4.69, 9.17) is 30.0 Å². The molecule has 6 aromatic heterocycles. The maximum atomic E-state index is 4.83. The van der Waals surface area contributed by atoms with Crippen molar-refractivity contribution >= 4 is 37.3 Å². The molecule has 9 heterocycles. The molecular formula is C51H69N17. The van der Waals surface area contributed by atoms with E-state index in [0.29, 0.717) is 39.3 Å². The number of nitrogens with zero attached hydrogens (tertiary/aromatic N) is 11. The number of fused-ring (bicyclic) bond motifs is 18. The number of aromatic amines is 6. The highest BCUT2D eigenvalue weighted by Crippen LogP contribution is 2.12. The number of hydrogen-bond donors (Lipinski definition) is 6. The van der Waals surface area contributed by atoms with Gasteiger partial charge in [-0.15, -0.1) is 0 Å². The van der Waals surface area contributed by atoms with Crippen molar-refractivity contribution in [1.29, 1.82) is 0 Å². The number of hydrogen-bond acceptors (Lipinski definition) is 11. The fraction of sp³-hybridized carbons (Fsp3) is 0.412. The second-order valence-electron chi connectivity index (χ2n) is 18.0. The van der Waals surface area contributed by atoms with Crippen LogP contribution in [0.3, 0.4) is 0 Å². The first-order valence-electron chi connectivity index (χ1n) is 23.9. The van der Waals surface area contributed by atoms with Gasteiger partial charge in [0.2, 0.25) is 0 Å². The summed E-state index contributed by atoms with van der Waals surface area (Å²) in [5.74, 6) is 0. The van der Waals surface area contributed by atoms with Crippen molar-refractivity contribution in [2.45, 2.75) is 39.3 Å². The summed E-state index contributed by atoms with van der Waals surface area (Å²) < 4.78 is 0. The smallest absolute Gasteiger partial charge is 0.0564 e. The van der Waals surface area contributed by atoms with Crippen LogP contribution in [0.4, 0.5) is 0 Å². The molecule has 6 aromatic rings. The predicted molar refractivity (Wildman–Crippen MR) is 278 cm³/mol. The Morgan fingerprint density at radius 1 is 0.279 bits per heavy atom. The fourth-order valence-electron chi connectivity index (χ4n) is 8.52. The summed E-state index contributed by atoms with van der Waals surface area (Å²) in [6, 6.07) is 25.5. The molecular weight excluding hydrogens is 851 g/mol. The molecule has 0 atom stereocenters. The van der Waals surface area contributed by atoms with E-state index in [1.807, 2.05) is 37.3 Å². The Labute approximate surface area is 400 Å². The molecule has 0 saturated carbocycles. The van der Waals surface area contributed by atoms with Crippen molar-refractivity contribution in [2.24, 2.45) is 30.0 Å². The topological polar surface area (TPSA) is 185 Å². The van der Waals surface area contributed by atoms with Gasteiger partial charge in [0.1, 0.15) is 0 Å². The van der Waals surface area contributed by atoms with Crippen LogP contribution in [-0.4, -0.2) is 191 Å². The van der Waals surface area contributed by atoms with E-state index in [1.54, 1.807) is 0 Å². The predicted octanol–water partition coefficient (Wildman–Crippen LogP) is 5.10. The van der Waals surface area contributed by atoms with Crippen molar-refractivity contribution in [2.75, 3.05) is 99.7 Å². The molecule has 0 spiro atoms. The van der Waals surface area contributed by atoms with Crippen LogP contribution in [0.5, 0.6) is 0 Å². The normalized spacial score (nSPS) is 20.2. The van der Waals surface area contributed by atoms with Gasteiger partial charge < -0.3 is 29.9 Å². The molecule has 0 amide bonds. The molecule has 14 bridgehead atoms. The largest absolute Gasteiger partial charge is 0.357 e. The third-order valence-corrected chi connectivity index (χ3v) is 11.9. The van der Waals surface area contributed by atoms with E-state index in [0.717, 1.165) is 147 Å². The van der Waals surface area contributed by atoms with E-state index in [1.165, 1.54) is 0 Å². The maximum absolute atomic E-state index is 4.83. The molecule has 68 heavy (non-hydrogen) atoms. The monoisotopic (exact) mass is 920 g/mol. The van der Waals surface area contributed by atoms with Crippen molar-refractivity contribution in [1.82, 2.24) is 54.4 Å². The average molecular weight is 920 g/mol. The van der Waals surface area contributed by atoms with E-state index in [-0.39, 0.29) is 0 Å². The fourth-order valence-corrected chi connectivity index (χ4v) is 8.52. The minimum Gasteiger partial charge on any atom is -0.357 e. The Hall–Kier alpha value is -6.50. The van der Waals surface area contributed by atoms with Gasteiger partial charge in [0.05, 0.1) is 73.4 Å². The molecule has 17 nitrogen and oxygen atoms in total. The molecule has 0 aliphatic carbocycles. The van der Waals surface area contributed by atoms with Gasteiger partial charge in [0.25, 0.3) is 0 Å². The van der Waals surface area contributed by atoms with Crippen molar-refractivity contribution in [3.63, 3.8) is 0 Å². The van der Waals surface area contributed by atoms with Crippen molar-refractivity contribution in [3.8, 4) is 0 Å². The summed E-state index contributed by atoms with van der Waals surface area (Å²) >= 11 is 0. The van der Waals surface area contributed by atoms with Gasteiger partial charge in [-0.1, -0.05) is 0 Å².